The Labute approximate surface area is 201 Å². The lowest BCUT2D eigenvalue weighted by Gasteiger charge is -2.23. The quantitative estimate of drug-likeness (QED) is 0.459. The monoisotopic (exact) mass is 482 g/mol. The molecule has 0 saturated carbocycles. The zero-order chi connectivity index (χ0) is 24.7. The summed E-state index contributed by atoms with van der Waals surface area (Å²) in [5, 5.41) is 2.93. The summed E-state index contributed by atoms with van der Waals surface area (Å²) in [6.07, 6.45) is 0.194. The molecule has 7 nitrogen and oxygen atoms in total. The number of hydrogen-bond donors (Lipinski definition) is 2. The largest absolute Gasteiger partial charge is 0.496 e. The molecule has 2 atom stereocenters. The fourth-order valence-corrected chi connectivity index (χ4v) is 5.01. The fraction of sp³-hybridized carbons (Fsp3) is 0.269. The van der Waals surface area contributed by atoms with E-state index in [2.05, 4.69) is 10.0 Å². The van der Waals surface area contributed by atoms with Gasteiger partial charge in [-0.3, -0.25) is 4.79 Å². The van der Waals surface area contributed by atoms with Gasteiger partial charge in [-0.15, -0.1) is 0 Å². The summed E-state index contributed by atoms with van der Waals surface area (Å²) in [7, 11) is -0.885. The smallest absolute Gasteiger partial charge is 0.241 e. The summed E-state index contributed by atoms with van der Waals surface area (Å²) in [4.78, 5) is 13.4. The number of sulfonamides is 1. The van der Waals surface area contributed by atoms with Crippen LogP contribution in [-0.2, 0) is 21.2 Å². The number of benzene rings is 3. The first-order chi connectivity index (χ1) is 16.2. The second-order valence-corrected chi connectivity index (χ2v) is 9.68. The Morgan fingerprint density at radius 2 is 1.56 bits per heavy atom. The Morgan fingerprint density at radius 3 is 2.21 bits per heavy atom. The van der Waals surface area contributed by atoms with Crippen molar-refractivity contribution in [2.45, 2.75) is 37.2 Å². The molecular formula is C26H30N2O5S. The van der Waals surface area contributed by atoms with Crippen LogP contribution in [0.15, 0.2) is 77.7 Å². The zero-order valence-electron chi connectivity index (χ0n) is 19.7. The highest BCUT2D eigenvalue weighted by Crippen LogP contribution is 2.25. The number of hydrogen-bond acceptors (Lipinski definition) is 5. The zero-order valence-corrected chi connectivity index (χ0v) is 20.6. The second-order valence-electron chi connectivity index (χ2n) is 7.97. The van der Waals surface area contributed by atoms with Gasteiger partial charge in [0.15, 0.2) is 0 Å². The summed E-state index contributed by atoms with van der Waals surface area (Å²) in [6.45, 7) is 3.59. The minimum absolute atomic E-state index is 0.0643. The Hall–Kier alpha value is -3.36. The van der Waals surface area contributed by atoms with E-state index in [-0.39, 0.29) is 11.3 Å². The summed E-state index contributed by atoms with van der Waals surface area (Å²) >= 11 is 0. The highest BCUT2D eigenvalue weighted by molar-refractivity contribution is 7.89. The number of aryl methyl sites for hydroxylation is 1. The molecule has 34 heavy (non-hydrogen) atoms. The van der Waals surface area contributed by atoms with Crippen molar-refractivity contribution in [2.24, 2.45) is 0 Å². The maximum atomic E-state index is 13.3. The molecule has 0 spiro atoms. The van der Waals surface area contributed by atoms with Gasteiger partial charge >= 0.3 is 0 Å². The maximum absolute atomic E-state index is 13.3. The Kier molecular flexibility index (Phi) is 8.31. The van der Waals surface area contributed by atoms with Crippen molar-refractivity contribution in [1.29, 1.82) is 0 Å². The molecule has 0 unspecified atom stereocenters. The van der Waals surface area contributed by atoms with Crippen LogP contribution in [0.5, 0.6) is 11.5 Å². The number of methoxy groups -OCH3 is 2. The molecule has 3 aromatic carbocycles. The van der Waals surface area contributed by atoms with Gasteiger partial charge < -0.3 is 14.8 Å². The molecule has 0 radical (unpaired) electrons. The molecule has 3 aromatic rings. The van der Waals surface area contributed by atoms with Gasteiger partial charge in [0.2, 0.25) is 15.9 Å². The van der Waals surface area contributed by atoms with Gasteiger partial charge in [0.25, 0.3) is 0 Å². The van der Waals surface area contributed by atoms with Gasteiger partial charge in [0.1, 0.15) is 17.5 Å². The molecule has 3 rings (SSSR count). The molecule has 0 saturated heterocycles. The first-order valence-corrected chi connectivity index (χ1v) is 12.4. The van der Waals surface area contributed by atoms with Gasteiger partial charge in [0, 0.05) is 5.56 Å². The average Bonchev–Trinajstić information content (AvgIpc) is 2.84. The molecule has 8 heteroatoms. The lowest BCUT2D eigenvalue weighted by molar-refractivity contribution is -0.123. The van der Waals surface area contributed by atoms with Crippen LogP contribution in [-0.4, -0.2) is 34.6 Å². The first-order valence-electron chi connectivity index (χ1n) is 10.9. The second kappa shape index (κ2) is 11.2. The molecule has 180 valence electrons. The molecule has 0 aromatic heterocycles. The molecule has 1 amide bonds. The number of carbonyl (C=O) groups excluding carboxylic acids is 1. The molecule has 0 heterocycles. The number of ether oxygens (including phenoxy) is 2. The lowest BCUT2D eigenvalue weighted by atomic mass is 10.0. The van der Waals surface area contributed by atoms with Gasteiger partial charge in [-0.25, -0.2) is 8.42 Å². The van der Waals surface area contributed by atoms with Crippen molar-refractivity contribution >= 4 is 15.9 Å². The van der Waals surface area contributed by atoms with E-state index in [1.54, 1.807) is 20.1 Å². The predicted octanol–water partition coefficient (Wildman–Crippen LogP) is 3.78. The van der Waals surface area contributed by atoms with Crippen LogP contribution >= 0.6 is 0 Å². The fourth-order valence-electron chi connectivity index (χ4n) is 3.73. The molecule has 0 fully saturated rings. The van der Waals surface area contributed by atoms with Crippen molar-refractivity contribution in [3.8, 4) is 11.5 Å². The van der Waals surface area contributed by atoms with Gasteiger partial charge in [-0.05, 0) is 55.7 Å². The molecule has 2 N–H and O–H groups in total. The Bertz CT molecular complexity index is 1230. The minimum Gasteiger partial charge on any atom is -0.496 e. The Balaban J connectivity index is 1.87. The van der Waals surface area contributed by atoms with Crippen LogP contribution in [0.2, 0.25) is 0 Å². The van der Waals surface area contributed by atoms with E-state index in [1.165, 1.54) is 19.2 Å². The average molecular weight is 483 g/mol. The van der Waals surface area contributed by atoms with E-state index in [0.29, 0.717) is 17.1 Å². The van der Waals surface area contributed by atoms with E-state index >= 15 is 0 Å². The molecule has 0 bridgehead atoms. The first kappa shape index (κ1) is 25.3. The van der Waals surface area contributed by atoms with E-state index in [1.807, 2.05) is 61.5 Å². The van der Waals surface area contributed by atoms with E-state index in [4.69, 9.17) is 9.47 Å². The highest BCUT2D eigenvalue weighted by Gasteiger charge is 2.28. The van der Waals surface area contributed by atoms with Crippen LogP contribution in [0.25, 0.3) is 0 Å². The molecule has 0 aliphatic rings. The van der Waals surface area contributed by atoms with Crippen molar-refractivity contribution in [1.82, 2.24) is 10.0 Å². The summed E-state index contributed by atoms with van der Waals surface area (Å²) < 4.78 is 39.6. The Morgan fingerprint density at radius 1 is 0.912 bits per heavy atom. The molecule has 0 aliphatic heterocycles. The normalized spacial score (nSPS) is 13.1. The molecular weight excluding hydrogens is 452 g/mol. The third-order valence-corrected chi connectivity index (χ3v) is 7.01. The van der Waals surface area contributed by atoms with Crippen molar-refractivity contribution in [3.63, 3.8) is 0 Å². The number of carbonyl (C=O) groups is 1. The summed E-state index contributed by atoms with van der Waals surface area (Å²) in [5.41, 5.74) is 2.31. The van der Waals surface area contributed by atoms with E-state index in [9.17, 15) is 13.2 Å². The third-order valence-electron chi connectivity index (χ3n) is 5.54. The van der Waals surface area contributed by atoms with Gasteiger partial charge in [-0.1, -0.05) is 48.5 Å². The van der Waals surface area contributed by atoms with Crippen LogP contribution in [0.4, 0.5) is 0 Å². The number of amides is 1. The van der Waals surface area contributed by atoms with E-state index in [0.717, 1.165) is 11.1 Å². The third kappa shape index (κ3) is 6.15. The highest BCUT2D eigenvalue weighted by atomic mass is 32.2. The summed E-state index contributed by atoms with van der Waals surface area (Å²) in [5.74, 6) is 0.795. The van der Waals surface area contributed by atoms with Crippen LogP contribution < -0.4 is 19.5 Å². The topological polar surface area (TPSA) is 93.7 Å². The lowest BCUT2D eigenvalue weighted by Crippen LogP contribution is -2.48. The van der Waals surface area contributed by atoms with Crippen molar-refractivity contribution < 1.29 is 22.7 Å². The van der Waals surface area contributed by atoms with Gasteiger partial charge in [-0.2, -0.15) is 4.72 Å². The SMILES string of the molecule is COc1ccc(S(=O)(=O)N[C@H](Cc2ccccc2)C(=O)N[C@H](C)c2ccccc2OC)cc1C. The molecule has 0 aliphatic carbocycles. The van der Waals surface area contributed by atoms with Crippen LogP contribution in [0.3, 0.4) is 0 Å². The minimum atomic E-state index is -3.98. The number of rotatable bonds is 10. The van der Waals surface area contributed by atoms with E-state index < -0.39 is 28.0 Å². The standard InChI is InChI=1S/C26H30N2O5S/c1-18-16-21(14-15-24(18)32-3)34(30,31)28-23(17-20-10-6-5-7-11-20)26(29)27-19(2)22-12-8-9-13-25(22)33-4/h5-16,19,23,28H,17H2,1-4H3,(H,27,29)/t19-,23-/m1/s1. The summed E-state index contributed by atoms with van der Waals surface area (Å²) in [6, 6.07) is 19.8. The number of nitrogens with one attached hydrogen (secondary N) is 2. The maximum Gasteiger partial charge on any atom is 0.241 e. The van der Waals surface area contributed by atoms with Crippen molar-refractivity contribution in [2.75, 3.05) is 14.2 Å². The van der Waals surface area contributed by atoms with Gasteiger partial charge in [0.05, 0.1) is 25.2 Å². The van der Waals surface area contributed by atoms with Crippen LogP contribution in [0.1, 0.15) is 29.7 Å². The predicted molar refractivity (Wildman–Crippen MR) is 132 cm³/mol. The van der Waals surface area contributed by atoms with Crippen molar-refractivity contribution in [3.05, 3.63) is 89.5 Å². The van der Waals surface area contributed by atoms with Crippen LogP contribution in [0, 0.1) is 6.92 Å². The number of para-hydroxylation sites is 1.